The molecule has 118 valence electrons. The van der Waals surface area contributed by atoms with E-state index >= 15 is 0 Å². The monoisotopic (exact) mass is 348 g/mol. The van der Waals surface area contributed by atoms with E-state index in [1.807, 2.05) is 42.8 Å². The summed E-state index contributed by atoms with van der Waals surface area (Å²) in [5.41, 5.74) is 1.98. The Labute approximate surface area is 143 Å². The molecule has 0 aliphatic heterocycles. The first-order valence-corrected chi connectivity index (χ1v) is 7.77. The lowest BCUT2D eigenvalue weighted by atomic mass is 10.2. The summed E-state index contributed by atoms with van der Waals surface area (Å²) < 4.78 is 1.95. The molecule has 1 aromatic carbocycles. The molecule has 3 aromatic rings. The number of hydrogen-bond acceptors (Lipinski definition) is 3. The highest BCUT2D eigenvalue weighted by molar-refractivity contribution is 6.34. The number of fused-ring (bicyclic) bond motifs is 1. The SMILES string of the molecule is CC(NC(=O)c1nc(Cl)ccc1Cl)c1nc2ccccc2n1C. The van der Waals surface area contributed by atoms with Gasteiger partial charge in [-0.3, -0.25) is 4.79 Å². The van der Waals surface area contributed by atoms with Crippen molar-refractivity contribution in [3.63, 3.8) is 0 Å². The molecule has 2 heterocycles. The second-order valence-corrected chi connectivity index (χ2v) is 5.97. The molecule has 0 saturated heterocycles. The molecule has 7 heteroatoms. The first kappa shape index (κ1) is 15.8. The number of carbonyl (C=O) groups excluding carboxylic acids is 1. The van der Waals surface area contributed by atoms with Crippen LogP contribution in [-0.4, -0.2) is 20.4 Å². The van der Waals surface area contributed by atoms with Crippen LogP contribution in [0.4, 0.5) is 0 Å². The van der Waals surface area contributed by atoms with Gasteiger partial charge in [0.25, 0.3) is 5.91 Å². The van der Waals surface area contributed by atoms with Crippen molar-refractivity contribution in [3.8, 4) is 0 Å². The minimum absolute atomic E-state index is 0.102. The number of halogens is 2. The van der Waals surface area contributed by atoms with Gasteiger partial charge in [-0.1, -0.05) is 35.3 Å². The maximum atomic E-state index is 12.4. The van der Waals surface area contributed by atoms with Gasteiger partial charge in [-0.15, -0.1) is 0 Å². The number of nitrogens with one attached hydrogen (secondary N) is 1. The minimum Gasteiger partial charge on any atom is -0.341 e. The molecule has 1 N–H and O–H groups in total. The summed E-state index contributed by atoms with van der Waals surface area (Å²) in [4.78, 5) is 20.9. The summed E-state index contributed by atoms with van der Waals surface area (Å²) in [5, 5.41) is 3.33. The Balaban J connectivity index is 1.88. The van der Waals surface area contributed by atoms with E-state index in [1.54, 1.807) is 6.07 Å². The molecule has 0 spiro atoms. The fourth-order valence-electron chi connectivity index (χ4n) is 2.46. The average molecular weight is 349 g/mol. The topological polar surface area (TPSA) is 59.8 Å². The van der Waals surface area contributed by atoms with Gasteiger partial charge in [0, 0.05) is 7.05 Å². The number of rotatable bonds is 3. The van der Waals surface area contributed by atoms with Crippen molar-refractivity contribution in [2.45, 2.75) is 13.0 Å². The first-order valence-electron chi connectivity index (χ1n) is 7.01. The average Bonchev–Trinajstić information content (AvgIpc) is 2.87. The molecule has 0 aliphatic rings. The molecule has 3 rings (SSSR count). The van der Waals surface area contributed by atoms with E-state index in [2.05, 4.69) is 15.3 Å². The zero-order valence-electron chi connectivity index (χ0n) is 12.5. The van der Waals surface area contributed by atoms with Crippen LogP contribution >= 0.6 is 23.2 Å². The zero-order chi connectivity index (χ0) is 16.6. The number of imidazole rings is 1. The molecule has 1 unspecified atom stereocenters. The Hall–Kier alpha value is -2.11. The fraction of sp³-hybridized carbons (Fsp3) is 0.188. The van der Waals surface area contributed by atoms with Gasteiger partial charge in [0.05, 0.1) is 22.1 Å². The smallest absolute Gasteiger partial charge is 0.272 e. The molecule has 0 fully saturated rings. The minimum atomic E-state index is -0.392. The van der Waals surface area contributed by atoms with Gasteiger partial charge in [-0.2, -0.15) is 0 Å². The quantitative estimate of drug-likeness (QED) is 0.733. The molecule has 0 aliphatic carbocycles. The van der Waals surface area contributed by atoms with Gasteiger partial charge < -0.3 is 9.88 Å². The van der Waals surface area contributed by atoms with Crippen molar-refractivity contribution in [1.29, 1.82) is 0 Å². The third-order valence-corrected chi connectivity index (χ3v) is 4.10. The van der Waals surface area contributed by atoms with Crippen LogP contribution in [0.3, 0.4) is 0 Å². The van der Waals surface area contributed by atoms with Crippen LogP contribution in [0.1, 0.15) is 29.3 Å². The van der Waals surface area contributed by atoms with Crippen molar-refractivity contribution in [1.82, 2.24) is 19.9 Å². The number of para-hydroxylation sites is 2. The molecular formula is C16H14Cl2N4O. The third kappa shape index (κ3) is 3.02. The highest BCUT2D eigenvalue weighted by Gasteiger charge is 2.19. The number of aryl methyl sites for hydroxylation is 1. The maximum Gasteiger partial charge on any atom is 0.272 e. The molecule has 0 bridgehead atoms. The molecule has 23 heavy (non-hydrogen) atoms. The van der Waals surface area contributed by atoms with Gasteiger partial charge in [-0.05, 0) is 31.2 Å². The lowest BCUT2D eigenvalue weighted by Gasteiger charge is -2.14. The number of carbonyl (C=O) groups is 1. The molecule has 5 nitrogen and oxygen atoms in total. The van der Waals surface area contributed by atoms with Crippen molar-refractivity contribution in [2.75, 3.05) is 0 Å². The summed E-state index contributed by atoms with van der Waals surface area (Å²) in [6, 6.07) is 10.6. The number of benzene rings is 1. The second-order valence-electron chi connectivity index (χ2n) is 5.18. The van der Waals surface area contributed by atoms with E-state index < -0.39 is 5.91 Å². The Kier molecular flexibility index (Phi) is 4.24. The molecule has 0 saturated carbocycles. The van der Waals surface area contributed by atoms with E-state index in [1.165, 1.54) is 6.07 Å². The first-order chi connectivity index (χ1) is 11.0. The Bertz CT molecular complexity index is 891. The number of amides is 1. The molecule has 2 aromatic heterocycles. The summed E-state index contributed by atoms with van der Waals surface area (Å²) in [7, 11) is 1.91. The Morgan fingerprint density at radius 2 is 1.91 bits per heavy atom. The van der Waals surface area contributed by atoms with Crippen LogP contribution in [0.5, 0.6) is 0 Å². The van der Waals surface area contributed by atoms with Crippen LogP contribution in [-0.2, 0) is 7.05 Å². The lowest BCUT2D eigenvalue weighted by Crippen LogP contribution is -2.29. The van der Waals surface area contributed by atoms with Crippen molar-refractivity contribution in [3.05, 3.63) is 58.1 Å². The largest absolute Gasteiger partial charge is 0.341 e. The standard InChI is InChI=1S/C16H14Cl2N4O/c1-9(15-20-11-5-3-4-6-12(11)22(15)2)19-16(23)14-10(17)7-8-13(18)21-14/h3-9H,1-2H3,(H,19,23). The number of hydrogen-bond donors (Lipinski definition) is 1. The summed E-state index contributed by atoms with van der Waals surface area (Å²) in [6.07, 6.45) is 0. The Morgan fingerprint density at radius 1 is 1.17 bits per heavy atom. The fourth-order valence-corrected chi connectivity index (χ4v) is 2.80. The zero-order valence-corrected chi connectivity index (χ0v) is 14.1. The number of pyridine rings is 1. The maximum absolute atomic E-state index is 12.4. The van der Waals surface area contributed by atoms with Gasteiger partial charge in [0.15, 0.2) is 0 Å². The summed E-state index contributed by atoms with van der Waals surface area (Å²) in [5.74, 6) is 0.356. The van der Waals surface area contributed by atoms with E-state index in [0.29, 0.717) is 0 Å². The van der Waals surface area contributed by atoms with Crippen LogP contribution in [0.25, 0.3) is 11.0 Å². The van der Waals surface area contributed by atoms with Crippen LogP contribution < -0.4 is 5.32 Å². The van der Waals surface area contributed by atoms with Crippen LogP contribution in [0, 0.1) is 0 Å². The van der Waals surface area contributed by atoms with Gasteiger partial charge in [0.2, 0.25) is 0 Å². The molecule has 1 amide bonds. The third-order valence-electron chi connectivity index (χ3n) is 3.58. The summed E-state index contributed by atoms with van der Waals surface area (Å²) >= 11 is 11.8. The molecule has 1 atom stereocenters. The van der Waals surface area contributed by atoms with Crippen molar-refractivity contribution >= 4 is 40.1 Å². The summed E-state index contributed by atoms with van der Waals surface area (Å²) in [6.45, 7) is 1.86. The highest BCUT2D eigenvalue weighted by Crippen LogP contribution is 2.21. The van der Waals surface area contributed by atoms with Crippen LogP contribution in [0.2, 0.25) is 10.2 Å². The van der Waals surface area contributed by atoms with Crippen LogP contribution in [0.15, 0.2) is 36.4 Å². The highest BCUT2D eigenvalue weighted by atomic mass is 35.5. The van der Waals surface area contributed by atoms with E-state index in [-0.39, 0.29) is 21.9 Å². The van der Waals surface area contributed by atoms with Gasteiger partial charge >= 0.3 is 0 Å². The van der Waals surface area contributed by atoms with E-state index in [9.17, 15) is 4.79 Å². The predicted molar refractivity (Wildman–Crippen MR) is 90.9 cm³/mol. The molecule has 0 radical (unpaired) electrons. The second kappa shape index (κ2) is 6.18. The van der Waals surface area contributed by atoms with Crippen molar-refractivity contribution < 1.29 is 4.79 Å². The van der Waals surface area contributed by atoms with E-state index in [4.69, 9.17) is 23.2 Å². The number of nitrogens with zero attached hydrogens (tertiary/aromatic N) is 3. The van der Waals surface area contributed by atoms with Gasteiger partial charge in [0.1, 0.15) is 16.7 Å². The normalized spacial score (nSPS) is 12.3. The predicted octanol–water partition coefficient (Wildman–Crippen LogP) is 3.77. The van der Waals surface area contributed by atoms with Gasteiger partial charge in [-0.25, -0.2) is 9.97 Å². The lowest BCUT2D eigenvalue weighted by molar-refractivity contribution is 0.0933. The van der Waals surface area contributed by atoms with Crippen molar-refractivity contribution in [2.24, 2.45) is 7.05 Å². The number of aromatic nitrogens is 3. The Morgan fingerprint density at radius 3 is 2.65 bits per heavy atom. The molecular weight excluding hydrogens is 335 g/mol. The van der Waals surface area contributed by atoms with E-state index in [0.717, 1.165) is 16.9 Å².